The van der Waals surface area contributed by atoms with Crippen LogP contribution in [0, 0.1) is 12.7 Å². The van der Waals surface area contributed by atoms with Crippen LogP contribution in [0.1, 0.15) is 5.56 Å². The van der Waals surface area contributed by atoms with Crippen molar-refractivity contribution >= 4 is 10.1 Å². The smallest absolute Gasteiger partial charge is 0.270 e. The minimum Gasteiger partial charge on any atom is -0.270 e. The zero-order valence-electron chi connectivity index (χ0n) is 7.24. The van der Waals surface area contributed by atoms with Gasteiger partial charge in [0.1, 0.15) is 5.82 Å². The molecule has 5 heteroatoms. The molecule has 0 saturated carbocycles. The number of benzene rings is 1. The third-order valence-corrected chi connectivity index (χ3v) is 3.06. The summed E-state index contributed by atoms with van der Waals surface area (Å²) < 4.78 is 39.3. The van der Waals surface area contributed by atoms with Crippen LogP contribution in [0.25, 0.3) is 0 Å². The SMILES string of the molecule is COS(=O)(=O)c1cc(F)ccc1C. The molecule has 13 heavy (non-hydrogen) atoms. The first-order valence-electron chi connectivity index (χ1n) is 3.54. The summed E-state index contributed by atoms with van der Waals surface area (Å²) in [7, 11) is -2.75. The van der Waals surface area contributed by atoms with Crippen molar-refractivity contribution in [3.63, 3.8) is 0 Å². The molecule has 0 amide bonds. The number of hydrogen-bond donors (Lipinski definition) is 0. The van der Waals surface area contributed by atoms with Gasteiger partial charge in [0.25, 0.3) is 10.1 Å². The minimum absolute atomic E-state index is 0.130. The molecule has 0 bridgehead atoms. The molecular weight excluding hydrogens is 195 g/mol. The summed E-state index contributed by atoms with van der Waals surface area (Å²) in [6.07, 6.45) is 0. The Hall–Kier alpha value is -0.940. The van der Waals surface area contributed by atoms with Crippen LogP contribution in [0.2, 0.25) is 0 Å². The van der Waals surface area contributed by atoms with Gasteiger partial charge in [-0.05, 0) is 24.6 Å². The molecule has 0 saturated heterocycles. The Morgan fingerprint density at radius 1 is 1.38 bits per heavy atom. The van der Waals surface area contributed by atoms with Crippen LogP contribution in [-0.2, 0) is 14.3 Å². The zero-order valence-corrected chi connectivity index (χ0v) is 8.06. The van der Waals surface area contributed by atoms with Gasteiger partial charge >= 0.3 is 0 Å². The van der Waals surface area contributed by atoms with Gasteiger partial charge in [-0.1, -0.05) is 6.07 Å². The maximum atomic E-state index is 12.7. The third-order valence-electron chi connectivity index (χ3n) is 1.64. The second kappa shape index (κ2) is 3.43. The predicted octanol–water partition coefficient (Wildman–Crippen LogP) is 1.47. The molecule has 0 aliphatic rings. The van der Waals surface area contributed by atoms with Gasteiger partial charge in [0.2, 0.25) is 0 Å². The first kappa shape index (κ1) is 10.1. The van der Waals surface area contributed by atoms with Crippen molar-refractivity contribution in [2.45, 2.75) is 11.8 Å². The average Bonchev–Trinajstić information content (AvgIpc) is 2.09. The topological polar surface area (TPSA) is 43.4 Å². The van der Waals surface area contributed by atoms with Crippen molar-refractivity contribution in [3.8, 4) is 0 Å². The Morgan fingerprint density at radius 2 is 2.00 bits per heavy atom. The van der Waals surface area contributed by atoms with E-state index in [1.54, 1.807) is 6.92 Å². The lowest BCUT2D eigenvalue weighted by Crippen LogP contribution is -2.05. The molecule has 1 rings (SSSR count). The molecule has 1 aromatic rings. The summed E-state index contributed by atoms with van der Waals surface area (Å²) in [6, 6.07) is 3.53. The summed E-state index contributed by atoms with van der Waals surface area (Å²) in [6.45, 7) is 1.57. The zero-order chi connectivity index (χ0) is 10.1. The maximum Gasteiger partial charge on any atom is 0.297 e. The van der Waals surface area contributed by atoms with E-state index >= 15 is 0 Å². The van der Waals surface area contributed by atoms with Crippen molar-refractivity contribution in [2.75, 3.05) is 7.11 Å². The molecule has 0 radical (unpaired) electrons. The van der Waals surface area contributed by atoms with E-state index in [0.717, 1.165) is 13.2 Å². The second-order valence-corrected chi connectivity index (χ2v) is 4.21. The molecule has 0 fully saturated rings. The molecule has 0 unspecified atom stereocenters. The molecule has 3 nitrogen and oxygen atoms in total. The highest BCUT2D eigenvalue weighted by molar-refractivity contribution is 7.86. The van der Waals surface area contributed by atoms with E-state index in [4.69, 9.17) is 0 Å². The molecule has 72 valence electrons. The maximum absolute atomic E-state index is 12.7. The number of aryl methyl sites for hydroxylation is 1. The largest absolute Gasteiger partial charge is 0.297 e. The first-order chi connectivity index (χ1) is 5.97. The number of halogens is 1. The van der Waals surface area contributed by atoms with Crippen molar-refractivity contribution in [1.29, 1.82) is 0 Å². The van der Waals surface area contributed by atoms with Gasteiger partial charge in [-0.15, -0.1) is 0 Å². The van der Waals surface area contributed by atoms with Crippen LogP contribution < -0.4 is 0 Å². The number of rotatable bonds is 2. The van der Waals surface area contributed by atoms with Crippen LogP contribution in [0.5, 0.6) is 0 Å². The Labute approximate surface area is 76.3 Å². The Balaban J connectivity index is 3.38. The fraction of sp³-hybridized carbons (Fsp3) is 0.250. The summed E-state index contributed by atoms with van der Waals surface area (Å²) in [5.74, 6) is -0.596. The molecule has 0 N–H and O–H groups in total. The lowest BCUT2D eigenvalue weighted by atomic mass is 10.2. The van der Waals surface area contributed by atoms with Crippen LogP contribution in [0.4, 0.5) is 4.39 Å². The highest BCUT2D eigenvalue weighted by atomic mass is 32.2. The van der Waals surface area contributed by atoms with E-state index in [0.29, 0.717) is 5.56 Å². The lowest BCUT2D eigenvalue weighted by molar-refractivity contribution is 0.397. The predicted molar refractivity (Wildman–Crippen MR) is 45.3 cm³/mol. The average molecular weight is 204 g/mol. The van der Waals surface area contributed by atoms with E-state index < -0.39 is 15.9 Å². The molecule has 0 atom stereocenters. The van der Waals surface area contributed by atoms with Gasteiger partial charge in [0.15, 0.2) is 0 Å². The Morgan fingerprint density at radius 3 is 2.54 bits per heavy atom. The molecule has 0 aliphatic heterocycles. The highest BCUT2D eigenvalue weighted by Crippen LogP contribution is 2.17. The van der Waals surface area contributed by atoms with Crippen molar-refractivity contribution in [2.24, 2.45) is 0 Å². The van der Waals surface area contributed by atoms with Gasteiger partial charge in [-0.2, -0.15) is 8.42 Å². The molecule has 0 heterocycles. The van der Waals surface area contributed by atoms with Crippen LogP contribution in [-0.4, -0.2) is 15.5 Å². The second-order valence-electron chi connectivity index (χ2n) is 2.53. The fourth-order valence-electron chi connectivity index (χ4n) is 0.933. The summed E-state index contributed by atoms with van der Waals surface area (Å²) in [5.41, 5.74) is 0.461. The molecular formula is C8H9FO3S. The summed E-state index contributed by atoms with van der Waals surface area (Å²) in [5, 5.41) is 0. The van der Waals surface area contributed by atoms with E-state index in [9.17, 15) is 12.8 Å². The van der Waals surface area contributed by atoms with Gasteiger partial charge in [-0.25, -0.2) is 4.39 Å². The third kappa shape index (κ3) is 2.05. The Kier molecular flexibility index (Phi) is 2.68. The van der Waals surface area contributed by atoms with Crippen molar-refractivity contribution in [3.05, 3.63) is 29.6 Å². The first-order valence-corrected chi connectivity index (χ1v) is 4.95. The van der Waals surface area contributed by atoms with E-state index in [2.05, 4.69) is 4.18 Å². The molecule has 0 aromatic heterocycles. The van der Waals surface area contributed by atoms with Gasteiger partial charge in [0.05, 0.1) is 12.0 Å². The van der Waals surface area contributed by atoms with E-state index in [1.165, 1.54) is 12.1 Å². The van der Waals surface area contributed by atoms with Crippen molar-refractivity contribution < 1.29 is 17.0 Å². The summed E-state index contributed by atoms with van der Waals surface area (Å²) >= 11 is 0. The fourth-order valence-corrected chi connectivity index (χ4v) is 1.83. The van der Waals surface area contributed by atoms with E-state index in [-0.39, 0.29) is 4.90 Å². The minimum atomic E-state index is -3.79. The summed E-state index contributed by atoms with van der Waals surface area (Å²) in [4.78, 5) is -0.130. The molecule has 1 aromatic carbocycles. The number of hydrogen-bond acceptors (Lipinski definition) is 3. The van der Waals surface area contributed by atoms with Crippen LogP contribution >= 0.6 is 0 Å². The monoisotopic (exact) mass is 204 g/mol. The van der Waals surface area contributed by atoms with E-state index in [1.807, 2.05) is 0 Å². The Bertz CT molecular complexity index is 411. The van der Waals surface area contributed by atoms with Crippen LogP contribution in [0.3, 0.4) is 0 Å². The quantitative estimate of drug-likeness (QED) is 0.685. The van der Waals surface area contributed by atoms with Gasteiger partial charge in [-0.3, -0.25) is 4.18 Å². The molecule has 0 spiro atoms. The van der Waals surface area contributed by atoms with Gasteiger partial charge in [0, 0.05) is 0 Å². The highest BCUT2D eigenvalue weighted by Gasteiger charge is 2.16. The van der Waals surface area contributed by atoms with Crippen LogP contribution in [0.15, 0.2) is 23.1 Å². The standard InChI is InChI=1S/C8H9FO3S/c1-6-3-4-7(9)5-8(6)13(10,11)12-2/h3-5H,1-2H3. The lowest BCUT2D eigenvalue weighted by Gasteiger charge is -2.04. The van der Waals surface area contributed by atoms with Gasteiger partial charge < -0.3 is 0 Å². The normalized spacial score (nSPS) is 11.6. The molecule has 0 aliphatic carbocycles. The van der Waals surface area contributed by atoms with Crippen molar-refractivity contribution in [1.82, 2.24) is 0 Å².